The number of rotatable bonds is 2. The number of aromatic nitrogens is 1. The number of hydrogen-bond donors (Lipinski definition) is 1. The molecule has 2 rings (SSSR count). The minimum atomic E-state index is -0.620. The molecule has 1 aromatic rings. The van der Waals surface area contributed by atoms with Gasteiger partial charge in [0, 0.05) is 28.8 Å². The molecule has 1 N–H and O–H groups in total. The molecule has 0 bridgehead atoms. The van der Waals surface area contributed by atoms with Crippen molar-refractivity contribution in [1.29, 1.82) is 0 Å². The van der Waals surface area contributed by atoms with Crippen molar-refractivity contribution in [3.05, 3.63) is 20.9 Å². The Morgan fingerprint density at radius 3 is 2.75 bits per heavy atom. The van der Waals surface area contributed by atoms with Crippen molar-refractivity contribution in [2.24, 2.45) is 5.92 Å². The fraction of sp³-hybridized carbons (Fsp3) is 0.545. The second kappa shape index (κ2) is 4.31. The van der Waals surface area contributed by atoms with Gasteiger partial charge in [0.2, 0.25) is 0 Å². The van der Waals surface area contributed by atoms with E-state index in [-0.39, 0.29) is 0 Å². The van der Waals surface area contributed by atoms with Gasteiger partial charge in [0.05, 0.1) is 10.6 Å². The summed E-state index contributed by atoms with van der Waals surface area (Å²) in [7, 11) is 0. The lowest BCUT2D eigenvalue weighted by atomic mass is 9.84. The molecule has 1 saturated heterocycles. The molecular weight excluding hydrogens is 338 g/mol. The van der Waals surface area contributed by atoms with Crippen LogP contribution in [-0.4, -0.2) is 28.8 Å². The van der Waals surface area contributed by atoms with E-state index in [9.17, 15) is 5.11 Å². The van der Waals surface area contributed by atoms with Crippen LogP contribution in [0, 0.1) is 9.49 Å². The van der Waals surface area contributed by atoms with Gasteiger partial charge in [0.25, 0.3) is 0 Å². The third-order valence-electron chi connectivity index (χ3n) is 3.00. The van der Waals surface area contributed by atoms with Crippen molar-refractivity contribution in [3.8, 4) is 0 Å². The SMILES string of the molecule is CC(C)(O)C1CN(c2nccc(I)c2Cl)C1. The van der Waals surface area contributed by atoms with E-state index < -0.39 is 5.60 Å². The van der Waals surface area contributed by atoms with Crippen LogP contribution in [0.4, 0.5) is 5.82 Å². The molecule has 5 heteroatoms. The van der Waals surface area contributed by atoms with Crippen molar-refractivity contribution in [1.82, 2.24) is 4.98 Å². The molecular formula is C11H14ClIN2O. The molecule has 0 radical (unpaired) electrons. The van der Waals surface area contributed by atoms with Gasteiger partial charge in [-0.05, 0) is 42.5 Å². The molecule has 1 fully saturated rings. The molecule has 1 aliphatic rings. The fourth-order valence-electron chi connectivity index (χ4n) is 1.73. The lowest BCUT2D eigenvalue weighted by Crippen LogP contribution is -2.56. The van der Waals surface area contributed by atoms with Gasteiger partial charge in [-0.3, -0.25) is 0 Å². The molecule has 0 aromatic carbocycles. The van der Waals surface area contributed by atoms with E-state index in [0.717, 1.165) is 22.5 Å². The third-order valence-corrected chi connectivity index (χ3v) is 4.59. The van der Waals surface area contributed by atoms with Gasteiger partial charge < -0.3 is 10.0 Å². The van der Waals surface area contributed by atoms with Crippen molar-refractivity contribution in [2.75, 3.05) is 18.0 Å². The molecule has 88 valence electrons. The summed E-state index contributed by atoms with van der Waals surface area (Å²) >= 11 is 8.39. The number of pyridine rings is 1. The summed E-state index contributed by atoms with van der Waals surface area (Å²) in [6.45, 7) is 5.32. The Hall–Kier alpha value is -0.0700. The number of halogens is 2. The molecule has 16 heavy (non-hydrogen) atoms. The lowest BCUT2D eigenvalue weighted by molar-refractivity contribution is 0.00439. The smallest absolute Gasteiger partial charge is 0.148 e. The zero-order valence-corrected chi connectivity index (χ0v) is 12.2. The average molecular weight is 353 g/mol. The highest BCUT2D eigenvalue weighted by molar-refractivity contribution is 14.1. The Balaban J connectivity index is 2.10. The molecule has 2 heterocycles. The van der Waals surface area contributed by atoms with Crippen LogP contribution in [0.15, 0.2) is 12.3 Å². The monoisotopic (exact) mass is 352 g/mol. The summed E-state index contributed by atoms with van der Waals surface area (Å²) in [5, 5.41) is 10.6. The maximum absolute atomic E-state index is 9.84. The highest BCUT2D eigenvalue weighted by Gasteiger charge is 2.38. The second-order valence-corrected chi connectivity index (χ2v) is 6.23. The molecule has 1 aliphatic heterocycles. The highest BCUT2D eigenvalue weighted by Crippen LogP contribution is 2.35. The van der Waals surface area contributed by atoms with Crippen LogP contribution >= 0.6 is 34.2 Å². The zero-order chi connectivity index (χ0) is 11.9. The van der Waals surface area contributed by atoms with Crippen molar-refractivity contribution < 1.29 is 5.11 Å². The number of nitrogens with zero attached hydrogens (tertiary/aromatic N) is 2. The molecule has 0 amide bonds. The largest absolute Gasteiger partial charge is 0.390 e. The van der Waals surface area contributed by atoms with E-state index in [2.05, 4.69) is 32.5 Å². The Labute approximate surface area is 114 Å². The van der Waals surface area contributed by atoms with Crippen molar-refractivity contribution in [3.63, 3.8) is 0 Å². The lowest BCUT2D eigenvalue weighted by Gasteiger charge is -2.46. The topological polar surface area (TPSA) is 36.4 Å². The highest BCUT2D eigenvalue weighted by atomic mass is 127. The first-order valence-corrected chi connectivity index (χ1v) is 6.62. The molecule has 0 saturated carbocycles. The van der Waals surface area contributed by atoms with Gasteiger partial charge >= 0.3 is 0 Å². The van der Waals surface area contributed by atoms with Crippen molar-refractivity contribution >= 4 is 40.0 Å². The Kier molecular flexibility index (Phi) is 3.34. The van der Waals surface area contributed by atoms with E-state index in [1.807, 2.05) is 19.9 Å². The predicted molar refractivity (Wildman–Crippen MR) is 74.0 cm³/mol. The first-order valence-electron chi connectivity index (χ1n) is 5.17. The van der Waals surface area contributed by atoms with E-state index >= 15 is 0 Å². The quantitative estimate of drug-likeness (QED) is 0.831. The predicted octanol–water partition coefficient (Wildman–Crippen LogP) is 2.55. The number of anilines is 1. The first kappa shape index (κ1) is 12.4. The van der Waals surface area contributed by atoms with Gasteiger partial charge in [-0.1, -0.05) is 11.6 Å². The maximum Gasteiger partial charge on any atom is 0.148 e. The van der Waals surface area contributed by atoms with Gasteiger partial charge in [-0.15, -0.1) is 0 Å². The normalized spacial score (nSPS) is 17.4. The van der Waals surface area contributed by atoms with Crippen LogP contribution in [-0.2, 0) is 0 Å². The summed E-state index contributed by atoms with van der Waals surface area (Å²) in [5.74, 6) is 1.12. The van der Waals surface area contributed by atoms with Gasteiger partial charge in [-0.25, -0.2) is 4.98 Å². The van der Waals surface area contributed by atoms with Gasteiger partial charge in [0.15, 0.2) is 0 Å². The Morgan fingerprint density at radius 2 is 2.19 bits per heavy atom. The average Bonchev–Trinajstić information content (AvgIpc) is 2.07. The number of aliphatic hydroxyl groups is 1. The summed E-state index contributed by atoms with van der Waals surface area (Å²) in [6.07, 6.45) is 1.76. The number of hydrogen-bond acceptors (Lipinski definition) is 3. The zero-order valence-electron chi connectivity index (χ0n) is 9.24. The minimum Gasteiger partial charge on any atom is -0.390 e. The van der Waals surface area contributed by atoms with Gasteiger partial charge in [0.1, 0.15) is 5.82 Å². The molecule has 0 unspecified atom stereocenters. The van der Waals surface area contributed by atoms with Crippen LogP contribution in [0.3, 0.4) is 0 Å². The Morgan fingerprint density at radius 1 is 1.56 bits per heavy atom. The Bertz CT molecular complexity index is 399. The van der Waals surface area contributed by atoms with Crippen LogP contribution in [0.1, 0.15) is 13.8 Å². The first-order chi connectivity index (χ1) is 7.39. The van der Waals surface area contributed by atoms with Crippen LogP contribution < -0.4 is 4.90 Å². The van der Waals surface area contributed by atoms with Gasteiger partial charge in [-0.2, -0.15) is 0 Å². The molecule has 1 aromatic heterocycles. The summed E-state index contributed by atoms with van der Waals surface area (Å²) in [6, 6.07) is 1.89. The molecule has 0 atom stereocenters. The van der Waals surface area contributed by atoms with E-state index in [4.69, 9.17) is 11.6 Å². The van der Waals surface area contributed by atoms with E-state index in [0.29, 0.717) is 10.9 Å². The molecule has 0 aliphatic carbocycles. The standard InChI is InChI=1S/C11H14ClIN2O/c1-11(2,16)7-5-15(6-7)10-9(12)8(13)3-4-14-10/h3-4,7,16H,5-6H2,1-2H3. The van der Waals surface area contributed by atoms with E-state index in [1.165, 1.54) is 0 Å². The minimum absolute atomic E-state index is 0.295. The van der Waals surface area contributed by atoms with E-state index in [1.54, 1.807) is 6.20 Å². The second-order valence-electron chi connectivity index (χ2n) is 4.69. The van der Waals surface area contributed by atoms with Crippen LogP contribution in [0.25, 0.3) is 0 Å². The summed E-state index contributed by atoms with van der Waals surface area (Å²) < 4.78 is 1.01. The van der Waals surface area contributed by atoms with Crippen LogP contribution in [0.5, 0.6) is 0 Å². The van der Waals surface area contributed by atoms with Crippen molar-refractivity contribution in [2.45, 2.75) is 19.4 Å². The summed E-state index contributed by atoms with van der Waals surface area (Å²) in [4.78, 5) is 6.39. The molecule has 3 nitrogen and oxygen atoms in total. The fourth-order valence-corrected chi connectivity index (χ4v) is 2.36. The maximum atomic E-state index is 9.84. The third kappa shape index (κ3) is 2.28. The summed E-state index contributed by atoms with van der Waals surface area (Å²) in [5.41, 5.74) is -0.620. The van der Waals surface area contributed by atoms with Crippen LogP contribution in [0.2, 0.25) is 5.02 Å². The molecule has 0 spiro atoms.